The molecule has 1 heterocycles. The quantitative estimate of drug-likeness (QED) is 0.897. The molecule has 0 radical (unpaired) electrons. The highest BCUT2D eigenvalue weighted by Crippen LogP contribution is 2.24. The van der Waals surface area contributed by atoms with Crippen molar-refractivity contribution in [2.24, 2.45) is 0 Å². The summed E-state index contributed by atoms with van der Waals surface area (Å²) in [6.45, 7) is 1.83. The minimum Gasteiger partial charge on any atom is -0.348 e. The third-order valence-electron chi connectivity index (χ3n) is 2.82. The van der Waals surface area contributed by atoms with E-state index < -0.39 is 0 Å². The molecule has 18 heavy (non-hydrogen) atoms. The van der Waals surface area contributed by atoms with E-state index in [1.165, 1.54) is 12.1 Å². The Kier molecular flexibility index (Phi) is 4.48. The summed E-state index contributed by atoms with van der Waals surface area (Å²) in [6.07, 6.45) is 0. The topological polar surface area (TPSA) is 41.1 Å². The highest BCUT2D eigenvalue weighted by atomic mass is 35.5. The first kappa shape index (κ1) is 13.6. The van der Waals surface area contributed by atoms with Crippen LogP contribution in [0.5, 0.6) is 0 Å². The Labute approximate surface area is 114 Å². The summed E-state index contributed by atoms with van der Waals surface area (Å²) in [5.41, 5.74) is 0.720. The Hall–Kier alpha value is -0.780. The van der Waals surface area contributed by atoms with Crippen molar-refractivity contribution < 1.29 is 9.18 Å². The monoisotopic (exact) mass is 288 g/mol. The van der Waals surface area contributed by atoms with Crippen LogP contribution < -0.4 is 10.6 Å². The second-order valence-electron chi connectivity index (χ2n) is 4.17. The lowest BCUT2D eigenvalue weighted by Gasteiger charge is -2.18. The average Bonchev–Trinajstić information content (AvgIpc) is 2.81. The van der Waals surface area contributed by atoms with Gasteiger partial charge in [0.05, 0.1) is 12.1 Å². The molecular weight excluding hydrogens is 275 g/mol. The molecule has 1 fully saturated rings. The molecule has 6 heteroatoms. The zero-order chi connectivity index (χ0) is 13.1. The van der Waals surface area contributed by atoms with Crippen molar-refractivity contribution in [3.05, 3.63) is 34.6 Å². The van der Waals surface area contributed by atoms with Crippen LogP contribution in [-0.4, -0.2) is 23.6 Å². The van der Waals surface area contributed by atoms with Gasteiger partial charge in [-0.2, -0.15) is 0 Å². The van der Waals surface area contributed by atoms with Crippen molar-refractivity contribution in [1.82, 2.24) is 10.6 Å². The predicted molar refractivity (Wildman–Crippen MR) is 72.2 cm³/mol. The van der Waals surface area contributed by atoms with E-state index in [0.717, 1.165) is 17.2 Å². The van der Waals surface area contributed by atoms with Gasteiger partial charge in [0.2, 0.25) is 5.91 Å². The van der Waals surface area contributed by atoms with Crippen LogP contribution in [0, 0.1) is 5.82 Å². The van der Waals surface area contributed by atoms with E-state index in [2.05, 4.69) is 10.6 Å². The number of hydrogen-bond donors (Lipinski definition) is 2. The lowest BCUT2D eigenvalue weighted by molar-refractivity contribution is -0.123. The second-order valence-corrected chi connectivity index (χ2v) is 5.61. The van der Waals surface area contributed by atoms with Gasteiger partial charge in [-0.05, 0) is 24.6 Å². The molecule has 1 amide bonds. The summed E-state index contributed by atoms with van der Waals surface area (Å²) in [5, 5.41) is 6.30. The van der Waals surface area contributed by atoms with Gasteiger partial charge in [-0.1, -0.05) is 17.7 Å². The maximum Gasteiger partial charge on any atom is 0.238 e. The van der Waals surface area contributed by atoms with Crippen LogP contribution in [0.1, 0.15) is 18.5 Å². The van der Waals surface area contributed by atoms with Crippen molar-refractivity contribution in [1.29, 1.82) is 0 Å². The lowest BCUT2D eigenvalue weighted by atomic mass is 10.1. The molecule has 2 unspecified atom stereocenters. The Morgan fingerprint density at radius 3 is 3.06 bits per heavy atom. The van der Waals surface area contributed by atoms with E-state index >= 15 is 0 Å². The fourth-order valence-corrected chi connectivity index (χ4v) is 3.08. The van der Waals surface area contributed by atoms with Gasteiger partial charge in [0.1, 0.15) is 5.82 Å². The Balaban J connectivity index is 2.02. The van der Waals surface area contributed by atoms with Crippen LogP contribution in [0.15, 0.2) is 18.2 Å². The molecule has 0 saturated carbocycles. The summed E-state index contributed by atoms with van der Waals surface area (Å²) in [6, 6.07) is 3.80. The van der Waals surface area contributed by atoms with E-state index in [1.54, 1.807) is 17.8 Å². The molecule has 1 aliphatic heterocycles. The third kappa shape index (κ3) is 3.16. The minimum atomic E-state index is -0.379. The van der Waals surface area contributed by atoms with Crippen molar-refractivity contribution in [3.8, 4) is 0 Å². The number of halogens is 2. The van der Waals surface area contributed by atoms with Gasteiger partial charge in [0, 0.05) is 16.7 Å². The SMILES string of the molecule is CC(NC(=O)C1CSCN1)c1ccc(F)cc1Cl. The van der Waals surface area contributed by atoms with Crippen LogP contribution in [0.4, 0.5) is 4.39 Å². The second kappa shape index (κ2) is 5.91. The van der Waals surface area contributed by atoms with Crippen LogP contribution in [0.3, 0.4) is 0 Å². The first-order chi connectivity index (χ1) is 8.58. The number of rotatable bonds is 3. The molecule has 1 aromatic carbocycles. The summed E-state index contributed by atoms with van der Waals surface area (Å²) in [4.78, 5) is 11.9. The summed E-state index contributed by atoms with van der Waals surface area (Å²) in [7, 11) is 0. The van der Waals surface area contributed by atoms with E-state index in [1.807, 2.05) is 6.92 Å². The highest BCUT2D eigenvalue weighted by Gasteiger charge is 2.24. The van der Waals surface area contributed by atoms with Crippen molar-refractivity contribution in [2.45, 2.75) is 19.0 Å². The predicted octanol–water partition coefficient (Wildman–Crippen LogP) is 2.32. The van der Waals surface area contributed by atoms with Crippen LogP contribution in [-0.2, 0) is 4.79 Å². The fraction of sp³-hybridized carbons (Fsp3) is 0.417. The van der Waals surface area contributed by atoms with Crippen LogP contribution >= 0.6 is 23.4 Å². The van der Waals surface area contributed by atoms with Gasteiger partial charge in [-0.25, -0.2) is 4.39 Å². The zero-order valence-corrected chi connectivity index (χ0v) is 11.4. The largest absolute Gasteiger partial charge is 0.348 e. The number of hydrogen-bond acceptors (Lipinski definition) is 3. The first-order valence-electron chi connectivity index (χ1n) is 5.64. The molecule has 0 aromatic heterocycles. The summed E-state index contributed by atoms with van der Waals surface area (Å²) < 4.78 is 12.9. The highest BCUT2D eigenvalue weighted by molar-refractivity contribution is 7.99. The third-order valence-corrected chi connectivity index (χ3v) is 4.09. The number of amides is 1. The standard InChI is InChI=1S/C12H14ClFN2OS/c1-7(9-3-2-8(14)4-10(9)13)16-12(17)11-5-18-6-15-11/h2-4,7,11,15H,5-6H2,1H3,(H,16,17). The van der Waals surface area contributed by atoms with E-state index in [4.69, 9.17) is 11.6 Å². The maximum absolute atomic E-state index is 12.9. The smallest absolute Gasteiger partial charge is 0.238 e. The molecule has 3 nitrogen and oxygen atoms in total. The average molecular weight is 289 g/mol. The zero-order valence-electron chi connectivity index (χ0n) is 9.87. The van der Waals surface area contributed by atoms with Crippen molar-refractivity contribution in [3.63, 3.8) is 0 Å². The molecule has 1 saturated heterocycles. The van der Waals surface area contributed by atoms with E-state index in [9.17, 15) is 9.18 Å². The number of thioether (sulfide) groups is 1. The molecule has 2 N–H and O–H groups in total. The van der Waals surface area contributed by atoms with Gasteiger partial charge in [-0.15, -0.1) is 11.8 Å². The Bertz CT molecular complexity index is 452. The van der Waals surface area contributed by atoms with Gasteiger partial charge in [-0.3, -0.25) is 10.1 Å². The summed E-state index contributed by atoms with van der Waals surface area (Å²) in [5.74, 6) is 1.14. The van der Waals surface area contributed by atoms with Gasteiger partial charge < -0.3 is 5.32 Å². The van der Waals surface area contributed by atoms with Crippen molar-refractivity contribution in [2.75, 3.05) is 11.6 Å². The first-order valence-corrected chi connectivity index (χ1v) is 7.17. The number of carbonyl (C=O) groups excluding carboxylic acids is 1. The van der Waals surface area contributed by atoms with Crippen LogP contribution in [0.2, 0.25) is 5.02 Å². The van der Waals surface area contributed by atoms with Gasteiger partial charge >= 0.3 is 0 Å². The number of benzene rings is 1. The maximum atomic E-state index is 12.9. The number of nitrogens with one attached hydrogen (secondary N) is 2. The summed E-state index contributed by atoms with van der Waals surface area (Å²) >= 11 is 7.65. The van der Waals surface area contributed by atoms with Gasteiger partial charge in [0.15, 0.2) is 0 Å². The van der Waals surface area contributed by atoms with Crippen LogP contribution in [0.25, 0.3) is 0 Å². The molecule has 1 aliphatic rings. The molecule has 0 aliphatic carbocycles. The number of carbonyl (C=O) groups is 1. The van der Waals surface area contributed by atoms with Crippen molar-refractivity contribution >= 4 is 29.3 Å². The van der Waals surface area contributed by atoms with E-state index in [-0.39, 0.29) is 23.8 Å². The molecule has 2 atom stereocenters. The Morgan fingerprint density at radius 1 is 1.67 bits per heavy atom. The molecule has 98 valence electrons. The molecular formula is C12H14ClFN2OS. The minimum absolute atomic E-state index is 0.0482. The molecule has 0 spiro atoms. The molecule has 2 rings (SSSR count). The molecule has 0 bridgehead atoms. The van der Waals surface area contributed by atoms with E-state index in [0.29, 0.717) is 5.02 Å². The molecule has 1 aromatic rings. The normalized spacial score (nSPS) is 20.7. The van der Waals surface area contributed by atoms with Gasteiger partial charge in [0.25, 0.3) is 0 Å². The fourth-order valence-electron chi connectivity index (χ4n) is 1.81. The lowest BCUT2D eigenvalue weighted by Crippen LogP contribution is -2.42. The Morgan fingerprint density at radius 2 is 2.44 bits per heavy atom.